The normalized spacial score (nSPS) is 24.2. The number of nitrogens with zero attached hydrogens (tertiary/aromatic N) is 2. The fourth-order valence-electron chi connectivity index (χ4n) is 3.30. The van der Waals surface area contributed by atoms with Crippen molar-refractivity contribution < 1.29 is 4.79 Å². The molecule has 1 aliphatic heterocycles. The summed E-state index contributed by atoms with van der Waals surface area (Å²) in [7, 11) is 0. The van der Waals surface area contributed by atoms with Crippen molar-refractivity contribution in [3.8, 4) is 0 Å². The summed E-state index contributed by atoms with van der Waals surface area (Å²) in [6, 6.07) is 0.885. The van der Waals surface area contributed by atoms with Crippen LogP contribution in [0.3, 0.4) is 0 Å². The molecule has 1 rings (SSSR count). The zero-order valence-corrected chi connectivity index (χ0v) is 14.5. The van der Waals surface area contributed by atoms with Crippen molar-refractivity contribution >= 4 is 5.91 Å². The quantitative estimate of drug-likeness (QED) is 0.703. The number of likely N-dealkylation sites (N-methyl/N-ethyl adjacent to an activating group) is 1. The van der Waals surface area contributed by atoms with Gasteiger partial charge in [-0.2, -0.15) is 0 Å². The van der Waals surface area contributed by atoms with E-state index in [2.05, 4.69) is 29.0 Å². The van der Waals surface area contributed by atoms with Gasteiger partial charge >= 0.3 is 0 Å². The van der Waals surface area contributed by atoms with E-state index in [1.165, 1.54) is 0 Å². The molecule has 0 spiro atoms. The van der Waals surface area contributed by atoms with E-state index in [4.69, 9.17) is 5.73 Å². The highest BCUT2D eigenvalue weighted by Crippen LogP contribution is 2.15. The Labute approximate surface area is 130 Å². The minimum atomic E-state index is -0.592. The van der Waals surface area contributed by atoms with Gasteiger partial charge in [-0.1, -0.05) is 6.92 Å². The predicted molar refractivity (Wildman–Crippen MR) is 88.3 cm³/mol. The molecule has 0 radical (unpaired) electrons. The van der Waals surface area contributed by atoms with Crippen molar-refractivity contribution in [2.75, 3.05) is 32.7 Å². The van der Waals surface area contributed by atoms with E-state index in [0.29, 0.717) is 6.04 Å². The van der Waals surface area contributed by atoms with E-state index in [1.54, 1.807) is 0 Å². The first-order valence-electron chi connectivity index (χ1n) is 8.32. The minimum absolute atomic E-state index is 0.250. The summed E-state index contributed by atoms with van der Waals surface area (Å²) in [5.41, 5.74) is 4.98. The summed E-state index contributed by atoms with van der Waals surface area (Å²) in [5, 5.41) is 3.32. The average Bonchev–Trinajstić information content (AvgIpc) is 2.38. The van der Waals surface area contributed by atoms with Crippen LogP contribution in [0.15, 0.2) is 0 Å². The van der Waals surface area contributed by atoms with Gasteiger partial charge in [0.05, 0.1) is 5.54 Å². The van der Waals surface area contributed by atoms with Gasteiger partial charge in [-0.25, -0.2) is 0 Å². The fourth-order valence-corrected chi connectivity index (χ4v) is 3.30. The van der Waals surface area contributed by atoms with Crippen LogP contribution in [-0.2, 0) is 4.79 Å². The number of piperazine rings is 1. The second kappa shape index (κ2) is 8.11. The van der Waals surface area contributed by atoms with Gasteiger partial charge in [0.25, 0.3) is 0 Å². The molecule has 0 aromatic rings. The van der Waals surface area contributed by atoms with Crippen molar-refractivity contribution in [2.45, 2.75) is 65.1 Å². The van der Waals surface area contributed by atoms with Crippen LogP contribution in [0.4, 0.5) is 0 Å². The van der Waals surface area contributed by atoms with Crippen LogP contribution in [0.25, 0.3) is 0 Å². The highest BCUT2D eigenvalue weighted by molar-refractivity contribution is 5.84. The van der Waals surface area contributed by atoms with Gasteiger partial charge in [0.2, 0.25) is 5.91 Å². The van der Waals surface area contributed by atoms with Gasteiger partial charge in [-0.3, -0.25) is 9.69 Å². The molecule has 0 aliphatic carbocycles. The van der Waals surface area contributed by atoms with Crippen LogP contribution in [0, 0.1) is 0 Å². The molecule has 1 aliphatic rings. The first-order chi connectivity index (χ1) is 9.78. The monoisotopic (exact) mass is 298 g/mol. The molecule has 0 aromatic heterocycles. The van der Waals surface area contributed by atoms with Crippen molar-refractivity contribution in [3.05, 3.63) is 0 Å². The number of primary amides is 1. The summed E-state index contributed by atoms with van der Waals surface area (Å²) in [6.07, 6.45) is 1.79. The first kappa shape index (κ1) is 18.4. The van der Waals surface area contributed by atoms with Crippen LogP contribution in [0.2, 0.25) is 0 Å². The minimum Gasteiger partial charge on any atom is -0.368 e. The van der Waals surface area contributed by atoms with Gasteiger partial charge in [0.1, 0.15) is 0 Å². The summed E-state index contributed by atoms with van der Waals surface area (Å²) >= 11 is 0. The highest BCUT2D eigenvalue weighted by atomic mass is 16.1. The summed E-state index contributed by atoms with van der Waals surface area (Å²) < 4.78 is 0. The molecule has 5 nitrogen and oxygen atoms in total. The van der Waals surface area contributed by atoms with Crippen molar-refractivity contribution in [1.29, 1.82) is 0 Å². The largest absolute Gasteiger partial charge is 0.368 e. The van der Waals surface area contributed by atoms with Crippen molar-refractivity contribution in [3.63, 3.8) is 0 Å². The molecule has 1 saturated heterocycles. The maximum absolute atomic E-state index is 11.7. The Kier molecular flexibility index (Phi) is 7.10. The highest BCUT2D eigenvalue weighted by Gasteiger charge is 2.31. The van der Waals surface area contributed by atoms with E-state index in [1.807, 2.05) is 20.8 Å². The number of hydrogen-bond acceptors (Lipinski definition) is 4. The lowest BCUT2D eigenvalue weighted by atomic mass is 9.93. The molecule has 0 bridgehead atoms. The zero-order chi connectivity index (χ0) is 16.0. The van der Waals surface area contributed by atoms with Crippen molar-refractivity contribution in [2.24, 2.45) is 5.73 Å². The van der Waals surface area contributed by atoms with E-state index >= 15 is 0 Å². The molecule has 1 fully saturated rings. The van der Waals surface area contributed by atoms with Gasteiger partial charge in [0, 0.05) is 31.7 Å². The third-order valence-electron chi connectivity index (χ3n) is 4.56. The SMILES string of the molecule is CCN1CCN(CCCC(C)(NC(C)C)C(N)=O)CC1C. The predicted octanol–water partition coefficient (Wildman–Crippen LogP) is 1.03. The molecular weight excluding hydrogens is 264 g/mol. The van der Waals surface area contributed by atoms with Gasteiger partial charge in [0.15, 0.2) is 0 Å². The molecule has 0 aromatic carbocycles. The second-order valence-electron chi connectivity index (χ2n) is 6.88. The number of rotatable bonds is 8. The number of hydrogen-bond donors (Lipinski definition) is 2. The van der Waals surface area contributed by atoms with Crippen LogP contribution in [-0.4, -0.2) is 66.1 Å². The standard InChI is InChI=1S/C16H34N4O/c1-6-20-11-10-19(12-14(20)4)9-7-8-16(5,15(17)21)18-13(2)3/h13-14,18H,6-12H2,1-5H3,(H2,17,21). The Hall–Kier alpha value is -0.650. The number of carbonyl (C=O) groups is 1. The fraction of sp³-hybridized carbons (Fsp3) is 0.938. The molecule has 3 N–H and O–H groups in total. The Morgan fingerprint density at radius 3 is 2.57 bits per heavy atom. The molecule has 1 heterocycles. The first-order valence-corrected chi connectivity index (χ1v) is 8.32. The Morgan fingerprint density at radius 1 is 1.43 bits per heavy atom. The Bertz CT molecular complexity index is 334. The molecular formula is C16H34N4O. The van der Waals surface area contributed by atoms with Crippen LogP contribution in [0.1, 0.15) is 47.5 Å². The summed E-state index contributed by atoms with van der Waals surface area (Å²) in [4.78, 5) is 16.7. The lowest BCUT2D eigenvalue weighted by molar-refractivity contribution is -0.124. The lowest BCUT2D eigenvalue weighted by Crippen LogP contribution is -2.56. The van der Waals surface area contributed by atoms with Crippen LogP contribution < -0.4 is 11.1 Å². The number of nitrogens with two attached hydrogens (primary N) is 1. The lowest BCUT2D eigenvalue weighted by Gasteiger charge is -2.39. The van der Waals surface area contributed by atoms with E-state index in [0.717, 1.165) is 45.6 Å². The molecule has 21 heavy (non-hydrogen) atoms. The maximum atomic E-state index is 11.7. The van der Waals surface area contributed by atoms with E-state index < -0.39 is 5.54 Å². The van der Waals surface area contributed by atoms with Crippen molar-refractivity contribution in [1.82, 2.24) is 15.1 Å². The number of nitrogens with one attached hydrogen (secondary N) is 1. The molecule has 0 saturated carbocycles. The Balaban J connectivity index is 2.40. The van der Waals surface area contributed by atoms with E-state index in [9.17, 15) is 4.79 Å². The summed E-state index contributed by atoms with van der Waals surface area (Å²) in [5.74, 6) is -0.250. The molecule has 124 valence electrons. The van der Waals surface area contributed by atoms with Gasteiger partial charge in [-0.05, 0) is 53.6 Å². The number of amides is 1. The average molecular weight is 298 g/mol. The smallest absolute Gasteiger partial charge is 0.237 e. The van der Waals surface area contributed by atoms with Crippen LogP contribution in [0.5, 0.6) is 0 Å². The Morgan fingerprint density at radius 2 is 2.10 bits per heavy atom. The van der Waals surface area contributed by atoms with Gasteiger partial charge in [-0.15, -0.1) is 0 Å². The van der Waals surface area contributed by atoms with Gasteiger partial charge < -0.3 is 16.0 Å². The molecule has 1 amide bonds. The topological polar surface area (TPSA) is 61.6 Å². The zero-order valence-electron chi connectivity index (χ0n) is 14.5. The van der Waals surface area contributed by atoms with E-state index in [-0.39, 0.29) is 11.9 Å². The third-order valence-corrected chi connectivity index (χ3v) is 4.56. The second-order valence-corrected chi connectivity index (χ2v) is 6.88. The molecule has 5 heteroatoms. The maximum Gasteiger partial charge on any atom is 0.237 e. The summed E-state index contributed by atoms with van der Waals surface area (Å²) in [6.45, 7) is 16.1. The molecule has 2 atom stereocenters. The van der Waals surface area contributed by atoms with Crippen LogP contribution >= 0.6 is 0 Å². The molecule has 2 unspecified atom stereocenters. The third kappa shape index (κ3) is 5.57. The number of carbonyl (C=O) groups excluding carboxylic acids is 1.